The molecule has 4 aromatic rings. The molecule has 1 N–H and O–H groups in total. The summed E-state index contributed by atoms with van der Waals surface area (Å²) in [6.07, 6.45) is 0. The number of ether oxygens (including phenoxy) is 2. The molecule has 0 unspecified atom stereocenters. The highest BCUT2D eigenvalue weighted by Gasteiger charge is 2.15. The summed E-state index contributed by atoms with van der Waals surface area (Å²) < 4.78 is 11.3. The van der Waals surface area contributed by atoms with Crippen LogP contribution < -0.4 is 9.47 Å². The van der Waals surface area contributed by atoms with Gasteiger partial charge in [-0.05, 0) is 54.8 Å². The van der Waals surface area contributed by atoms with E-state index in [-0.39, 0.29) is 17.1 Å². The van der Waals surface area contributed by atoms with Gasteiger partial charge >= 0.3 is 5.97 Å². The molecule has 0 spiro atoms. The number of carbonyl (C=O) groups is 2. The molecule has 0 atom stereocenters. The monoisotopic (exact) mass is 412 g/mol. The lowest BCUT2D eigenvalue weighted by molar-refractivity contribution is 0.0693. The second kappa shape index (κ2) is 8.32. The Morgan fingerprint density at radius 3 is 2.06 bits per heavy atom. The molecule has 0 fully saturated rings. The highest BCUT2D eigenvalue weighted by Crippen LogP contribution is 2.34. The summed E-state index contributed by atoms with van der Waals surface area (Å²) in [6, 6.07) is 23.0. The van der Waals surface area contributed by atoms with Crippen molar-refractivity contribution in [2.75, 3.05) is 7.11 Å². The SMILES string of the molecule is COc1cc2c(Oc3ccc(C(=O)c4ccc(C)cc4)cc3)cccc2cc1C(=O)O. The van der Waals surface area contributed by atoms with E-state index in [4.69, 9.17) is 9.47 Å². The molecule has 0 aliphatic heterocycles. The molecule has 154 valence electrons. The summed E-state index contributed by atoms with van der Waals surface area (Å²) in [5.41, 5.74) is 2.39. The zero-order valence-electron chi connectivity index (χ0n) is 17.1. The van der Waals surface area contributed by atoms with Gasteiger partial charge in [0.15, 0.2) is 5.78 Å². The molecule has 5 nitrogen and oxygen atoms in total. The minimum absolute atomic E-state index is 0.0531. The smallest absolute Gasteiger partial charge is 0.339 e. The van der Waals surface area contributed by atoms with Gasteiger partial charge in [-0.25, -0.2) is 4.79 Å². The maximum absolute atomic E-state index is 12.7. The largest absolute Gasteiger partial charge is 0.496 e. The third-order valence-corrected chi connectivity index (χ3v) is 5.05. The molecule has 0 saturated heterocycles. The molecule has 4 aromatic carbocycles. The number of rotatable bonds is 6. The van der Waals surface area contributed by atoms with Crippen LogP contribution in [0.4, 0.5) is 0 Å². The molecular formula is C26H20O5. The fourth-order valence-corrected chi connectivity index (χ4v) is 3.37. The number of hydrogen-bond donors (Lipinski definition) is 1. The van der Waals surface area contributed by atoms with Crippen molar-refractivity contribution >= 4 is 22.5 Å². The van der Waals surface area contributed by atoms with Crippen molar-refractivity contribution in [3.8, 4) is 17.2 Å². The molecule has 5 heteroatoms. The lowest BCUT2D eigenvalue weighted by Gasteiger charge is -2.12. The van der Waals surface area contributed by atoms with E-state index in [2.05, 4.69) is 0 Å². The predicted molar refractivity (Wildman–Crippen MR) is 119 cm³/mol. The first kappa shape index (κ1) is 20.2. The summed E-state index contributed by atoms with van der Waals surface area (Å²) in [7, 11) is 1.43. The second-order valence-electron chi connectivity index (χ2n) is 7.16. The number of benzene rings is 4. The third-order valence-electron chi connectivity index (χ3n) is 5.05. The molecule has 0 amide bonds. The Labute approximate surface area is 179 Å². The number of fused-ring (bicyclic) bond motifs is 1. The van der Waals surface area contributed by atoms with Gasteiger partial charge in [-0.2, -0.15) is 0 Å². The lowest BCUT2D eigenvalue weighted by Crippen LogP contribution is -2.01. The van der Waals surface area contributed by atoms with Crippen molar-refractivity contribution in [1.82, 2.24) is 0 Å². The molecule has 31 heavy (non-hydrogen) atoms. The second-order valence-corrected chi connectivity index (χ2v) is 7.16. The predicted octanol–water partition coefficient (Wildman–Crippen LogP) is 5.88. The normalized spacial score (nSPS) is 10.6. The zero-order valence-corrected chi connectivity index (χ0v) is 17.1. The van der Waals surface area contributed by atoms with Crippen LogP contribution in [0.25, 0.3) is 10.8 Å². The third kappa shape index (κ3) is 4.12. The van der Waals surface area contributed by atoms with Gasteiger partial charge < -0.3 is 14.6 Å². The van der Waals surface area contributed by atoms with Gasteiger partial charge in [0.2, 0.25) is 0 Å². The van der Waals surface area contributed by atoms with Gasteiger partial charge in [0, 0.05) is 16.5 Å². The van der Waals surface area contributed by atoms with Crippen molar-refractivity contribution < 1.29 is 24.2 Å². The van der Waals surface area contributed by atoms with Gasteiger partial charge in [0.1, 0.15) is 22.8 Å². The number of ketones is 1. The Morgan fingerprint density at radius 2 is 1.45 bits per heavy atom. The van der Waals surface area contributed by atoms with Crippen molar-refractivity contribution in [1.29, 1.82) is 0 Å². The summed E-state index contributed by atoms with van der Waals surface area (Å²) in [5, 5.41) is 10.8. The standard InChI is InChI=1S/C26H20O5/c1-16-6-8-17(9-7-16)25(27)18-10-12-20(13-11-18)31-23-5-3-4-19-14-22(26(28)29)24(30-2)15-21(19)23/h3-15H,1-2H3,(H,28,29). The van der Waals surface area contributed by atoms with Crippen LogP contribution in [0.1, 0.15) is 31.8 Å². The number of aryl methyl sites for hydroxylation is 1. The van der Waals surface area contributed by atoms with Crippen molar-refractivity contribution in [3.63, 3.8) is 0 Å². The lowest BCUT2D eigenvalue weighted by atomic mass is 10.0. The highest BCUT2D eigenvalue weighted by molar-refractivity contribution is 6.09. The molecule has 0 heterocycles. The number of carbonyl (C=O) groups excluding carboxylic acids is 1. The van der Waals surface area contributed by atoms with Gasteiger partial charge in [0.05, 0.1) is 7.11 Å². The van der Waals surface area contributed by atoms with Gasteiger partial charge in [-0.3, -0.25) is 4.79 Å². The topological polar surface area (TPSA) is 72.8 Å². The van der Waals surface area contributed by atoms with E-state index < -0.39 is 5.97 Å². The van der Waals surface area contributed by atoms with Crippen LogP contribution in [-0.4, -0.2) is 24.0 Å². The van der Waals surface area contributed by atoms with E-state index in [1.54, 1.807) is 48.5 Å². The number of carboxylic acids is 1. The van der Waals surface area contributed by atoms with Crippen LogP contribution in [0.2, 0.25) is 0 Å². The Morgan fingerprint density at radius 1 is 0.806 bits per heavy atom. The number of methoxy groups -OCH3 is 1. The molecular weight excluding hydrogens is 392 g/mol. The van der Waals surface area contributed by atoms with E-state index in [0.717, 1.165) is 16.3 Å². The average Bonchev–Trinajstić information content (AvgIpc) is 2.79. The van der Waals surface area contributed by atoms with Crippen molar-refractivity contribution in [2.24, 2.45) is 0 Å². The summed E-state index contributed by atoms with van der Waals surface area (Å²) >= 11 is 0. The molecule has 0 saturated carbocycles. The number of carboxylic acid groups (broad SMARTS) is 1. The maximum atomic E-state index is 12.7. The van der Waals surface area contributed by atoms with E-state index in [9.17, 15) is 14.7 Å². The van der Waals surface area contributed by atoms with E-state index in [1.807, 2.05) is 37.3 Å². The minimum Gasteiger partial charge on any atom is -0.496 e. The summed E-state index contributed by atoms with van der Waals surface area (Å²) in [4.78, 5) is 24.1. The van der Waals surface area contributed by atoms with Crippen molar-refractivity contribution in [3.05, 3.63) is 101 Å². The first-order valence-electron chi connectivity index (χ1n) is 9.69. The maximum Gasteiger partial charge on any atom is 0.339 e. The molecule has 0 aliphatic carbocycles. The fourth-order valence-electron chi connectivity index (χ4n) is 3.37. The van der Waals surface area contributed by atoms with Crippen LogP contribution in [0.3, 0.4) is 0 Å². The van der Waals surface area contributed by atoms with E-state index in [1.165, 1.54) is 7.11 Å². The highest BCUT2D eigenvalue weighted by atomic mass is 16.5. The van der Waals surface area contributed by atoms with E-state index in [0.29, 0.717) is 22.6 Å². The van der Waals surface area contributed by atoms with E-state index >= 15 is 0 Å². The van der Waals surface area contributed by atoms with Crippen molar-refractivity contribution in [2.45, 2.75) is 6.92 Å². The Kier molecular flexibility index (Phi) is 5.41. The Balaban J connectivity index is 1.62. The van der Waals surface area contributed by atoms with Gasteiger partial charge in [-0.15, -0.1) is 0 Å². The van der Waals surface area contributed by atoms with Crippen LogP contribution >= 0.6 is 0 Å². The molecule has 0 bridgehead atoms. The Bertz CT molecular complexity index is 1270. The quantitative estimate of drug-likeness (QED) is 0.401. The van der Waals surface area contributed by atoms with Gasteiger partial charge in [0.25, 0.3) is 0 Å². The first-order chi connectivity index (χ1) is 15.0. The van der Waals surface area contributed by atoms with Crippen LogP contribution in [0, 0.1) is 6.92 Å². The van der Waals surface area contributed by atoms with Gasteiger partial charge in [-0.1, -0.05) is 42.0 Å². The minimum atomic E-state index is -1.06. The number of hydrogen-bond acceptors (Lipinski definition) is 4. The summed E-state index contributed by atoms with van der Waals surface area (Å²) in [6.45, 7) is 1.98. The first-order valence-corrected chi connectivity index (χ1v) is 9.69. The van der Waals surface area contributed by atoms with Crippen LogP contribution in [0.15, 0.2) is 78.9 Å². The fraction of sp³-hybridized carbons (Fsp3) is 0.0769. The molecule has 4 rings (SSSR count). The molecule has 0 radical (unpaired) electrons. The Hall–Kier alpha value is -4.12. The zero-order chi connectivity index (χ0) is 22.0. The molecule has 0 aromatic heterocycles. The summed E-state index contributed by atoms with van der Waals surface area (Å²) in [5.74, 6) is 0.274. The average molecular weight is 412 g/mol. The van der Waals surface area contributed by atoms with Crippen LogP contribution in [-0.2, 0) is 0 Å². The number of aromatic carboxylic acids is 1. The molecule has 0 aliphatic rings. The van der Waals surface area contributed by atoms with Crippen LogP contribution in [0.5, 0.6) is 17.2 Å².